The van der Waals surface area contributed by atoms with Crippen molar-refractivity contribution in [2.45, 2.75) is 58.8 Å². The summed E-state index contributed by atoms with van der Waals surface area (Å²) in [4.78, 5) is 0. The molecule has 0 nitrogen and oxygen atoms in total. The molecule has 1 aliphatic carbocycles. The number of hydrogen-bond acceptors (Lipinski definition) is 0. The lowest BCUT2D eigenvalue weighted by molar-refractivity contribution is 0.194. The molecule has 1 aromatic rings. The largest absolute Gasteiger partial charge is 0.0625 e. The first-order valence-electron chi connectivity index (χ1n) is 7.07. The van der Waals surface area contributed by atoms with Crippen LogP contribution in [0.2, 0.25) is 0 Å². The summed E-state index contributed by atoms with van der Waals surface area (Å²) in [6.07, 6.45) is 5.66. The predicted molar refractivity (Wildman–Crippen MR) is 75.3 cm³/mol. The van der Waals surface area contributed by atoms with Crippen LogP contribution in [0.25, 0.3) is 0 Å². The Balaban J connectivity index is 2.22. The molecule has 1 aliphatic rings. The highest BCUT2D eigenvalue weighted by atomic mass is 14.4. The Bertz CT molecular complexity index is 375. The topological polar surface area (TPSA) is 0 Å². The van der Waals surface area contributed by atoms with Gasteiger partial charge in [-0.3, -0.25) is 0 Å². The maximum absolute atomic E-state index is 2.44. The van der Waals surface area contributed by atoms with Crippen molar-refractivity contribution in [1.29, 1.82) is 0 Å². The van der Waals surface area contributed by atoms with Crippen LogP contribution in [-0.2, 0) is 5.41 Å². The van der Waals surface area contributed by atoms with E-state index in [0.717, 1.165) is 11.8 Å². The van der Waals surface area contributed by atoms with Gasteiger partial charge in [-0.1, -0.05) is 63.4 Å². The van der Waals surface area contributed by atoms with E-state index >= 15 is 0 Å². The molecule has 0 spiro atoms. The summed E-state index contributed by atoms with van der Waals surface area (Å²) in [7, 11) is 0. The lowest BCUT2D eigenvalue weighted by Gasteiger charge is -2.39. The molecule has 2 atom stereocenters. The molecule has 0 amide bonds. The Morgan fingerprint density at radius 3 is 2.59 bits per heavy atom. The summed E-state index contributed by atoms with van der Waals surface area (Å²) >= 11 is 0. The van der Waals surface area contributed by atoms with Gasteiger partial charge in [0.05, 0.1) is 0 Å². The van der Waals surface area contributed by atoms with Gasteiger partial charge >= 0.3 is 0 Å². The van der Waals surface area contributed by atoms with E-state index in [1.165, 1.54) is 36.8 Å². The molecule has 94 valence electrons. The second-order valence-corrected chi connectivity index (χ2v) is 6.56. The number of benzene rings is 1. The summed E-state index contributed by atoms with van der Waals surface area (Å²) in [6.45, 7) is 9.48. The fourth-order valence-corrected chi connectivity index (χ4v) is 3.37. The zero-order valence-corrected chi connectivity index (χ0v) is 11.8. The zero-order chi connectivity index (χ0) is 12.5. The van der Waals surface area contributed by atoms with Crippen LogP contribution >= 0.6 is 0 Å². The highest BCUT2D eigenvalue weighted by molar-refractivity contribution is 5.29. The second-order valence-electron chi connectivity index (χ2n) is 6.56. The SMILES string of the molecule is Cc1cccc(C(C)(C)C2CCCC(C)C2)c1. The van der Waals surface area contributed by atoms with E-state index in [4.69, 9.17) is 0 Å². The number of hydrogen-bond donors (Lipinski definition) is 0. The van der Waals surface area contributed by atoms with Gasteiger partial charge < -0.3 is 0 Å². The van der Waals surface area contributed by atoms with Crippen LogP contribution in [0.4, 0.5) is 0 Å². The van der Waals surface area contributed by atoms with E-state index < -0.39 is 0 Å². The van der Waals surface area contributed by atoms with Crippen molar-refractivity contribution in [3.8, 4) is 0 Å². The highest BCUT2D eigenvalue weighted by Crippen LogP contribution is 2.42. The molecular formula is C17H26. The molecule has 2 unspecified atom stereocenters. The minimum atomic E-state index is 0.334. The van der Waals surface area contributed by atoms with Crippen LogP contribution in [-0.4, -0.2) is 0 Å². The second kappa shape index (κ2) is 4.84. The molecule has 0 N–H and O–H groups in total. The third kappa shape index (κ3) is 2.73. The third-order valence-corrected chi connectivity index (χ3v) is 4.72. The van der Waals surface area contributed by atoms with E-state index in [9.17, 15) is 0 Å². The van der Waals surface area contributed by atoms with Crippen molar-refractivity contribution < 1.29 is 0 Å². The van der Waals surface area contributed by atoms with Gasteiger partial charge in [0.25, 0.3) is 0 Å². The van der Waals surface area contributed by atoms with Gasteiger partial charge in [-0.05, 0) is 42.6 Å². The van der Waals surface area contributed by atoms with Crippen LogP contribution in [0.1, 0.15) is 57.6 Å². The minimum Gasteiger partial charge on any atom is -0.0625 e. The lowest BCUT2D eigenvalue weighted by atomic mass is 9.65. The van der Waals surface area contributed by atoms with Crippen LogP contribution in [0, 0.1) is 18.8 Å². The van der Waals surface area contributed by atoms with Gasteiger partial charge in [0.2, 0.25) is 0 Å². The normalized spacial score (nSPS) is 25.9. The quantitative estimate of drug-likeness (QED) is 0.663. The maximum Gasteiger partial charge on any atom is -0.00751 e. The Labute approximate surface area is 106 Å². The summed E-state index contributed by atoms with van der Waals surface area (Å²) in [5, 5.41) is 0. The fraction of sp³-hybridized carbons (Fsp3) is 0.647. The van der Waals surface area contributed by atoms with Gasteiger partial charge in [0.15, 0.2) is 0 Å². The van der Waals surface area contributed by atoms with Crippen molar-refractivity contribution in [3.63, 3.8) is 0 Å². The van der Waals surface area contributed by atoms with Gasteiger partial charge in [-0.2, -0.15) is 0 Å². The Hall–Kier alpha value is -0.780. The minimum absolute atomic E-state index is 0.334. The maximum atomic E-state index is 2.44. The van der Waals surface area contributed by atoms with Crippen molar-refractivity contribution in [2.24, 2.45) is 11.8 Å². The molecule has 17 heavy (non-hydrogen) atoms. The van der Waals surface area contributed by atoms with Crippen molar-refractivity contribution in [1.82, 2.24) is 0 Å². The highest BCUT2D eigenvalue weighted by Gasteiger charge is 2.33. The molecule has 0 heteroatoms. The first kappa shape index (κ1) is 12.7. The fourth-order valence-electron chi connectivity index (χ4n) is 3.37. The molecule has 0 radical (unpaired) electrons. The molecule has 0 bridgehead atoms. The molecule has 0 aliphatic heterocycles. The Kier molecular flexibility index (Phi) is 3.61. The van der Waals surface area contributed by atoms with Gasteiger partial charge in [-0.15, -0.1) is 0 Å². The van der Waals surface area contributed by atoms with Crippen molar-refractivity contribution >= 4 is 0 Å². The standard InChI is InChI=1S/C17H26/c1-13-7-5-9-15(11-13)17(3,4)16-10-6-8-14(2)12-16/h5,7,9,11,14,16H,6,8,10,12H2,1-4H3. The molecule has 0 aromatic heterocycles. The van der Waals surface area contributed by atoms with Gasteiger partial charge in [-0.25, -0.2) is 0 Å². The summed E-state index contributed by atoms with van der Waals surface area (Å²) < 4.78 is 0. The van der Waals surface area contributed by atoms with Crippen LogP contribution < -0.4 is 0 Å². The van der Waals surface area contributed by atoms with Crippen molar-refractivity contribution in [2.75, 3.05) is 0 Å². The molecule has 1 aromatic carbocycles. The molecule has 0 heterocycles. The lowest BCUT2D eigenvalue weighted by Crippen LogP contribution is -2.32. The van der Waals surface area contributed by atoms with E-state index in [2.05, 4.69) is 52.0 Å². The first-order valence-corrected chi connectivity index (χ1v) is 7.07. The van der Waals surface area contributed by atoms with Crippen LogP contribution in [0.5, 0.6) is 0 Å². The summed E-state index contributed by atoms with van der Waals surface area (Å²) in [6, 6.07) is 9.09. The predicted octanol–water partition coefficient (Wildman–Crippen LogP) is 5.10. The molecule has 0 saturated heterocycles. The van der Waals surface area contributed by atoms with E-state index in [1.807, 2.05) is 0 Å². The Morgan fingerprint density at radius 2 is 1.94 bits per heavy atom. The Morgan fingerprint density at radius 1 is 1.18 bits per heavy atom. The zero-order valence-electron chi connectivity index (χ0n) is 11.8. The molecule has 2 rings (SSSR count). The number of rotatable bonds is 2. The summed E-state index contributed by atoms with van der Waals surface area (Å²) in [5.41, 5.74) is 3.25. The van der Waals surface area contributed by atoms with E-state index in [-0.39, 0.29) is 0 Å². The average molecular weight is 230 g/mol. The molecule has 1 saturated carbocycles. The monoisotopic (exact) mass is 230 g/mol. The van der Waals surface area contributed by atoms with E-state index in [1.54, 1.807) is 0 Å². The first-order chi connectivity index (χ1) is 8.00. The molecular weight excluding hydrogens is 204 g/mol. The number of aryl methyl sites for hydroxylation is 1. The molecule has 1 fully saturated rings. The van der Waals surface area contributed by atoms with Crippen molar-refractivity contribution in [3.05, 3.63) is 35.4 Å². The van der Waals surface area contributed by atoms with Crippen LogP contribution in [0.3, 0.4) is 0 Å². The smallest absolute Gasteiger partial charge is 0.00751 e. The average Bonchev–Trinajstić information content (AvgIpc) is 2.29. The summed E-state index contributed by atoms with van der Waals surface area (Å²) in [5.74, 6) is 1.77. The van der Waals surface area contributed by atoms with Gasteiger partial charge in [0.1, 0.15) is 0 Å². The van der Waals surface area contributed by atoms with Crippen LogP contribution in [0.15, 0.2) is 24.3 Å². The third-order valence-electron chi connectivity index (χ3n) is 4.72. The van der Waals surface area contributed by atoms with E-state index in [0.29, 0.717) is 5.41 Å². The van der Waals surface area contributed by atoms with Gasteiger partial charge in [0, 0.05) is 0 Å².